The largest absolute Gasteiger partial charge is 0.390 e. The van der Waals surface area contributed by atoms with Gasteiger partial charge in [-0.3, -0.25) is 0 Å². The quantitative estimate of drug-likeness (QED) is 0.518. The fourth-order valence-corrected chi connectivity index (χ4v) is 2.54. The van der Waals surface area contributed by atoms with Crippen molar-refractivity contribution < 1.29 is 10.2 Å². The topological polar surface area (TPSA) is 40.5 Å². The fourth-order valence-electron chi connectivity index (χ4n) is 2.54. The summed E-state index contributed by atoms with van der Waals surface area (Å²) in [7, 11) is 0. The first-order chi connectivity index (χ1) is 4.79. The Bertz CT molecular complexity index is 133. The maximum Gasteiger partial charge on any atom is 0.0829 e. The third-order valence-corrected chi connectivity index (χ3v) is 3.10. The highest BCUT2D eigenvalue weighted by Gasteiger charge is 2.43. The first-order valence-corrected chi connectivity index (χ1v) is 4.15. The normalized spacial score (nSPS) is 53.4. The van der Waals surface area contributed by atoms with Crippen molar-refractivity contribution in [1.82, 2.24) is 0 Å². The first-order valence-electron chi connectivity index (χ1n) is 4.15. The molecule has 0 spiro atoms. The molecule has 4 atom stereocenters. The predicted octanol–water partition coefficient (Wildman–Crippen LogP) is 0.528. The molecule has 0 radical (unpaired) electrons. The third-order valence-electron chi connectivity index (χ3n) is 3.10. The van der Waals surface area contributed by atoms with Crippen molar-refractivity contribution in [2.45, 2.75) is 37.9 Å². The smallest absolute Gasteiger partial charge is 0.0829 e. The summed E-state index contributed by atoms with van der Waals surface area (Å²) in [6.45, 7) is 0. The van der Waals surface area contributed by atoms with E-state index in [1.54, 1.807) is 0 Å². The van der Waals surface area contributed by atoms with Gasteiger partial charge in [0.2, 0.25) is 0 Å². The average Bonchev–Trinajstić information content (AvgIpc) is 2.41. The van der Waals surface area contributed by atoms with E-state index in [2.05, 4.69) is 0 Å². The van der Waals surface area contributed by atoms with Gasteiger partial charge in [-0.25, -0.2) is 0 Å². The van der Waals surface area contributed by atoms with Crippen LogP contribution in [0.2, 0.25) is 0 Å². The van der Waals surface area contributed by atoms with Gasteiger partial charge >= 0.3 is 0 Å². The number of hydrogen-bond donors (Lipinski definition) is 2. The molecule has 2 aliphatic carbocycles. The van der Waals surface area contributed by atoms with Gasteiger partial charge in [-0.2, -0.15) is 0 Å². The van der Waals surface area contributed by atoms with E-state index < -0.39 is 12.2 Å². The molecule has 2 N–H and O–H groups in total. The molecular weight excluding hydrogens is 128 g/mol. The van der Waals surface area contributed by atoms with E-state index in [1.165, 1.54) is 12.8 Å². The van der Waals surface area contributed by atoms with Crippen LogP contribution in [-0.2, 0) is 0 Å². The molecule has 10 heavy (non-hydrogen) atoms. The van der Waals surface area contributed by atoms with E-state index in [0.29, 0.717) is 11.8 Å². The molecule has 0 aromatic heterocycles. The SMILES string of the molecule is O[C@H]1[C@@H]2CCC[C@@H]2C[C@H]1O. The first kappa shape index (κ1) is 6.62. The van der Waals surface area contributed by atoms with Crippen molar-refractivity contribution in [2.24, 2.45) is 11.8 Å². The van der Waals surface area contributed by atoms with Crippen molar-refractivity contribution in [2.75, 3.05) is 0 Å². The molecular formula is C8H14O2. The number of fused-ring (bicyclic) bond motifs is 1. The maximum absolute atomic E-state index is 9.42. The fraction of sp³-hybridized carbons (Fsp3) is 1.00. The zero-order valence-corrected chi connectivity index (χ0v) is 6.03. The van der Waals surface area contributed by atoms with Crippen molar-refractivity contribution >= 4 is 0 Å². The van der Waals surface area contributed by atoms with Gasteiger partial charge in [-0.05, 0) is 31.1 Å². The lowest BCUT2D eigenvalue weighted by molar-refractivity contribution is 0.0197. The Morgan fingerprint density at radius 3 is 2.60 bits per heavy atom. The van der Waals surface area contributed by atoms with Crippen molar-refractivity contribution in [3.8, 4) is 0 Å². The minimum absolute atomic E-state index is 0.410. The van der Waals surface area contributed by atoms with E-state index in [9.17, 15) is 10.2 Å². The van der Waals surface area contributed by atoms with Gasteiger partial charge in [0, 0.05) is 0 Å². The van der Waals surface area contributed by atoms with Gasteiger partial charge in [-0.1, -0.05) is 6.42 Å². The van der Waals surface area contributed by atoms with Crippen LogP contribution in [0, 0.1) is 11.8 Å². The van der Waals surface area contributed by atoms with Crippen LogP contribution in [0.4, 0.5) is 0 Å². The highest BCUT2D eigenvalue weighted by atomic mass is 16.3. The molecule has 2 heteroatoms. The van der Waals surface area contributed by atoms with Gasteiger partial charge < -0.3 is 10.2 Å². The van der Waals surface area contributed by atoms with Crippen LogP contribution in [0.25, 0.3) is 0 Å². The average molecular weight is 142 g/mol. The maximum atomic E-state index is 9.42. The Morgan fingerprint density at radius 1 is 1.10 bits per heavy atom. The van der Waals surface area contributed by atoms with E-state index in [4.69, 9.17) is 0 Å². The minimum atomic E-state index is -0.421. The van der Waals surface area contributed by atoms with E-state index in [1.807, 2.05) is 0 Å². The lowest BCUT2D eigenvalue weighted by Crippen LogP contribution is -2.24. The highest BCUT2D eigenvalue weighted by Crippen LogP contribution is 2.43. The summed E-state index contributed by atoms with van der Waals surface area (Å²) >= 11 is 0. The second-order valence-electron chi connectivity index (χ2n) is 3.65. The Hall–Kier alpha value is -0.0800. The van der Waals surface area contributed by atoms with Crippen LogP contribution >= 0.6 is 0 Å². The van der Waals surface area contributed by atoms with Crippen LogP contribution in [0.15, 0.2) is 0 Å². The van der Waals surface area contributed by atoms with Crippen molar-refractivity contribution in [1.29, 1.82) is 0 Å². The molecule has 0 heterocycles. The van der Waals surface area contributed by atoms with Crippen molar-refractivity contribution in [3.63, 3.8) is 0 Å². The third kappa shape index (κ3) is 0.789. The van der Waals surface area contributed by atoms with Gasteiger partial charge in [0.15, 0.2) is 0 Å². The number of aliphatic hydroxyl groups excluding tert-OH is 2. The van der Waals surface area contributed by atoms with Crippen molar-refractivity contribution in [3.05, 3.63) is 0 Å². The molecule has 2 rings (SSSR count). The molecule has 2 aliphatic rings. The summed E-state index contributed by atoms with van der Waals surface area (Å²) in [6, 6.07) is 0. The Labute approximate surface area is 60.9 Å². The van der Waals surface area contributed by atoms with Crippen LogP contribution < -0.4 is 0 Å². The molecule has 0 aromatic carbocycles. The Morgan fingerprint density at radius 2 is 1.90 bits per heavy atom. The molecule has 0 amide bonds. The van der Waals surface area contributed by atoms with E-state index in [0.717, 1.165) is 12.8 Å². The summed E-state index contributed by atoms with van der Waals surface area (Å²) in [6.07, 6.45) is 3.61. The van der Waals surface area contributed by atoms with Crippen LogP contribution in [0.3, 0.4) is 0 Å². The van der Waals surface area contributed by atoms with Crippen LogP contribution in [0.5, 0.6) is 0 Å². The lowest BCUT2D eigenvalue weighted by Gasteiger charge is -2.13. The molecule has 0 saturated heterocycles. The molecule has 0 aromatic rings. The zero-order valence-electron chi connectivity index (χ0n) is 6.03. The van der Waals surface area contributed by atoms with Gasteiger partial charge in [0.05, 0.1) is 12.2 Å². The second kappa shape index (κ2) is 2.21. The summed E-state index contributed by atoms with van der Waals surface area (Å²) < 4.78 is 0. The summed E-state index contributed by atoms with van der Waals surface area (Å²) in [5, 5.41) is 18.7. The standard InChI is InChI=1S/C8H14O2/c9-7-4-5-2-1-3-6(5)8(7)10/h5-10H,1-4H2/t5-,6-,7-,8+/m1/s1. The molecule has 2 saturated carbocycles. The monoisotopic (exact) mass is 142 g/mol. The van der Waals surface area contributed by atoms with Crippen LogP contribution in [-0.4, -0.2) is 22.4 Å². The van der Waals surface area contributed by atoms with Gasteiger partial charge in [0.25, 0.3) is 0 Å². The van der Waals surface area contributed by atoms with E-state index in [-0.39, 0.29) is 0 Å². The molecule has 2 nitrogen and oxygen atoms in total. The number of rotatable bonds is 0. The predicted molar refractivity (Wildman–Crippen MR) is 37.5 cm³/mol. The summed E-state index contributed by atoms with van der Waals surface area (Å²) in [4.78, 5) is 0. The molecule has 0 aliphatic heterocycles. The lowest BCUT2D eigenvalue weighted by atomic mass is 9.99. The second-order valence-corrected chi connectivity index (χ2v) is 3.65. The zero-order chi connectivity index (χ0) is 7.14. The Balaban J connectivity index is 2.09. The highest BCUT2D eigenvalue weighted by molar-refractivity contribution is 4.94. The minimum Gasteiger partial charge on any atom is -0.390 e. The molecule has 0 bridgehead atoms. The summed E-state index contributed by atoms with van der Waals surface area (Å²) in [5.41, 5.74) is 0. The molecule has 0 unspecified atom stereocenters. The molecule has 2 fully saturated rings. The number of aliphatic hydroxyl groups is 2. The van der Waals surface area contributed by atoms with Gasteiger partial charge in [0.1, 0.15) is 0 Å². The number of hydrogen-bond acceptors (Lipinski definition) is 2. The summed E-state index contributed by atoms with van der Waals surface area (Å²) in [5.74, 6) is 1.06. The van der Waals surface area contributed by atoms with E-state index >= 15 is 0 Å². The molecule has 58 valence electrons. The Kier molecular flexibility index (Phi) is 1.46. The van der Waals surface area contributed by atoms with Crippen LogP contribution in [0.1, 0.15) is 25.7 Å². The van der Waals surface area contributed by atoms with Gasteiger partial charge in [-0.15, -0.1) is 0 Å².